The molecule has 0 radical (unpaired) electrons. The molecule has 0 aliphatic carbocycles. The van der Waals surface area contributed by atoms with E-state index in [9.17, 15) is 9.59 Å². The second-order valence-corrected chi connectivity index (χ2v) is 6.56. The molecule has 142 valence electrons. The highest BCUT2D eigenvalue weighted by Crippen LogP contribution is 2.30. The van der Waals surface area contributed by atoms with Crippen molar-refractivity contribution in [3.05, 3.63) is 102 Å². The van der Waals surface area contributed by atoms with Crippen LogP contribution in [0.1, 0.15) is 15.9 Å². The summed E-state index contributed by atoms with van der Waals surface area (Å²) < 4.78 is 5.20. The SMILES string of the molecule is O=C(C=Cc1ccccc1)OCC(=O)c1c(-c2ccccc2)[nH]c2ccccc12. The van der Waals surface area contributed by atoms with Gasteiger partial charge in [-0.15, -0.1) is 0 Å². The van der Waals surface area contributed by atoms with E-state index in [1.807, 2.05) is 84.9 Å². The number of hydrogen-bond donors (Lipinski definition) is 1. The number of Topliss-reactive ketones (excluding diaryl/α,β-unsaturated/α-hetero) is 1. The molecule has 1 heterocycles. The van der Waals surface area contributed by atoms with E-state index in [-0.39, 0.29) is 12.4 Å². The third-order valence-corrected chi connectivity index (χ3v) is 4.60. The molecule has 1 N–H and O–H groups in total. The Morgan fingerprint density at radius 2 is 1.48 bits per heavy atom. The van der Waals surface area contributed by atoms with E-state index in [1.165, 1.54) is 6.08 Å². The van der Waals surface area contributed by atoms with Crippen molar-refractivity contribution in [1.29, 1.82) is 0 Å². The maximum absolute atomic E-state index is 13.0. The Hall–Kier alpha value is -3.92. The van der Waals surface area contributed by atoms with E-state index < -0.39 is 5.97 Å². The van der Waals surface area contributed by atoms with Crippen molar-refractivity contribution < 1.29 is 14.3 Å². The van der Waals surface area contributed by atoms with Crippen LogP contribution in [0.3, 0.4) is 0 Å². The smallest absolute Gasteiger partial charge is 0.331 e. The van der Waals surface area contributed by atoms with Gasteiger partial charge < -0.3 is 9.72 Å². The molecular formula is C25H19NO3. The summed E-state index contributed by atoms with van der Waals surface area (Å²) in [5.41, 5.74) is 3.92. The number of ether oxygens (including phenoxy) is 1. The van der Waals surface area contributed by atoms with Crippen LogP contribution in [0.2, 0.25) is 0 Å². The van der Waals surface area contributed by atoms with Gasteiger partial charge in [-0.3, -0.25) is 4.79 Å². The molecule has 29 heavy (non-hydrogen) atoms. The fraction of sp³-hybridized carbons (Fsp3) is 0.0400. The fourth-order valence-corrected chi connectivity index (χ4v) is 3.24. The lowest BCUT2D eigenvalue weighted by atomic mass is 10.0. The summed E-state index contributed by atoms with van der Waals surface area (Å²) >= 11 is 0. The molecule has 1 aromatic heterocycles. The second-order valence-electron chi connectivity index (χ2n) is 6.56. The first kappa shape index (κ1) is 18.4. The van der Waals surface area contributed by atoms with Gasteiger partial charge in [0.05, 0.1) is 11.3 Å². The quantitative estimate of drug-likeness (QED) is 0.281. The Balaban J connectivity index is 1.55. The van der Waals surface area contributed by atoms with E-state index in [4.69, 9.17) is 4.74 Å². The number of carbonyl (C=O) groups is 2. The highest BCUT2D eigenvalue weighted by atomic mass is 16.5. The van der Waals surface area contributed by atoms with Crippen LogP contribution in [0.25, 0.3) is 28.2 Å². The minimum Gasteiger partial charge on any atom is -0.454 e. The Labute approximate surface area is 168 Å². The van der Waals surface area contributed by atoms with Crippen molar-refractivity contribution in [3.8, 4) is 11.3 Å². The lowest BCUT2D eigenvalue weighted by Crippen LogP contribution is -2.13. The zero-order valence-electron chi connectivity index (χ0n) is 15.7. The molecule has 0 spiro atoms. The average molecular weight is 381 g/mol. The molecule has 4 nitrogen and oxygen atoms in total. The number of aromatic nitrogens is 1. The maximum atomic E-state index is 13.0. The van der Waals surface area contributed by atoms with Crippen LogP contribution in [0, 0.1) is 0 Å². The minimum absolute atomic E-state index is 0.247. The summed E-state index contributed by atoms with van der Waals surface area (Å²) in [5.74, 6) is -0.800. The third-order valence-electron chi connectivity index (χ3n) is 4.60. The van der Waals surface area contributed by atoms with E-state index in [0.717, 1.165) is 27.7 Å². The molecule has 0 aliphatic rings. The number of ketones is 1. The molecule has 0 atom stereocenters. The normalized spacial score (nSPS) is 11.0. The zero-order valence-corrected chi connectivity index (χ0v) is 15.7. The number of carbonyl (C=O) groups excluding carboxylic acids is 2. The van der Waals surface area contributed by atoms with E-state index in [2.05, 4.69) is 4.98 Å². The largest absolute Gasteiger partial charge is 0.454 e. The van der Waals surface area contributed by atoms with Gasteiger partial charge in [0, 0.05) is 17.0 Å². The van der Waals surface area contributed by atoms with Crippen LogP contribution in [-0.2, 0) is 9.53 Å². The summed E-state index contributed by atoms with van der Waals surface area (Å²) in [6, 6.07) is 26.7. The summed E-state index contributed by atoms with van der Waals surface area (Å²) in [4.78, 5) is 28.3. The number of aromatic amines is 1. The third kappa shape index (κ3) is 4.17. The fourth-order valence-electron chi connectivity index (χ4n) is 3.24. The van der Waals surface area contributed by atoms with Crippen molar-refractivity contribution in [2.24, 2.45) is 0 Å². The molecule has 0 bridgehead atoms. The summed E-state index contributed by atoms with van der Waals surface area (Å²) in [5, 5.41) is 0.812. The van der Waals surface area contributed by atoms with Crippen LogP contribution in [0.5, 0.6) is 0 Å². The molecular weight excluding hydrogens is 362 g/mol. The first-order valence-electron chi connectivity index (χ1n) is 9.31. The number of esters is 1. The summed E-state index contributed by atoms with van der Waals surface area (Å²) in [6.45, 7) is -0.320. The molecule has 0 unspecified atom stereocenters. The number of hydrogen-bond acceptors (Lipinski definition) is 3. The van der Waals surface area contributed by atoms with Gasteiger partial charge in [-0.25, -0.2) is 4.79 Å². The molecule has 4 rings (SSSR count). The number of rotatable bonds is 6. The van der Waals surface area contributed by atoms with E-state index in [0.29, 0.717) is 5.56 Å². The van der Waals surface area contributed by atoms with Crippen molar-refractivity contribution in [2.45, 2.75) is 0 Å². The molecule has 4 heteroatoms. The maximum Gasteiger partial charge on any atom is 0.331 e. The molecule has 0 aliphatic heterocycles. The molecule has 4 aromatic rings. The first-order valence-corrected chi connectivity index (χ1v) is 9.31. The number of H-pyrrole nitrogens is 1. The van der Waals surface area contributed by atoms with Gasteiger partial charge in [0.1, 0.15) is 0 Å². The Kier molecular flexibility index (Phi) is 5.34. The van der Waals surface area contributed by atoms with Gasteiger partial charge in [-0.2, -0.15) is 0 Å². The van der Waals surface area contributed by atoms with Crippen LogP contribution < -0.4 is 0 Å². The van der Waals surface area contributed by atoms with Gasteiger partial charge >= 0.3 is 5.97 Å². The zero-order chi connectivity index (χ0) is 20.1. The Morgan fingerprint density at radius 1 is 0.828 bits per heavy atom. The molecule has 0 saturated heterocycles. The lowest BCUT2D eigenvalue weighted by molar-refractivity contribution is -0.136. The second kappa shape index (κ2) is 8.40. The Bertz CT molecular complexity index is 1170. The van der Waals surface area contributed by atoms with Crippen molar-refractivity contribution >= 4 is 28.7 Å². The van der Waals surface area contributed by atoms with E-state index in [1.54, 1.807) is 6.08 Å². The van der Waals surface area contributed by atoms with Crippen LogP contribution in [0.15, 0.2) is 91.0 Å². The van der Waals surface area contributed by atoms with Crippen LogP contribution in [-0.4, -0.2) is 23.3 Å². The predicted molar refractivity (Wildman–Crippen MR) is 115 cm³/mol. The summed E-state index contributed by atoms with van der Waals surface area (Å²) in [7, 11) is 0. The van der Waals surface area contributed by atoms with Crippen molar-refractivity contribution in [2.75, 3.05) is 6.61 Å². The van der Waals surface area contributed by atoms with Gasteiger partial charge in [0.15, 0.2) is 6.61 Å². The molecule has 0 amide bonds. The Morgan fingerprint density at radius 3 is 2.24 bits per heavy atom. The van der Waals surface area contributed by atoms with Crippen molar-refractivity contribution in [1.82, 2.24) is 4.98 Å². The standard InChI is InChI=1S/C25H19NO3/c27-22(17-29-23(28)16-15-18-9-3-1-4-10-18)24-20-13-7-8-14-21(20)26-25(24)19-11-5-2-6-12-19/h1-16,26H,17H2. The van der Waals surface area contributed by atoms with Crippen LogP contribution in [0.4, 0.5) is 0 Å². The van der Waals surface area contributed by atoms with Gasteiger partial charge in [-0.05, 0) is 23.3 Å². The highest BCUT2D eigenvalue weighted by Gasteiger charge is 2.20. The monoisotopic (exact) mass is 381 g/mol. The average Bonchev–Trinajstić information content (AvgIpc) is 3.17. The number of nitrogens with one attached hydrogen (secondary N) is 1. The van der Waals surface area contributed by atoms with Crippen molar-refractivity contribution in [3.63, 3.8) is 0 Å². The molecule has 0 fully saturated rings. The highest BCUT2D eigenvalue weighted by molar-refractivity contribution is 6.14. The van der Waals surface area contributed by atoms with Crippen LogP contribution >= 0.6 is 0 Å². The van der Waals surface area contributed by atoms with Gasteiger partial charge in [0.25, 0.3) is 0 Å². The van der Waals surface area contributed by atoms with E-state index >= 15 is 0 Å². The first-order chi connectivity index (χ1) is 14.2. The number of para-hydroxylation sites is 1. The van der Waals surface area contributed by atoms with Gasteiger partial charge in [-0.1, -0.05) is 78.9 Å². The van der Waals surface area contributed by atoms with Gasteiger partial charge in [0.2, 0.25) is 5.78 Å². The summed E-state index contributed by atoms with van der Waals surface area (Å²) in [6.07, 6.45) is 2.99. The number of benzene rings is 3. The topological polar surface area (TPSA) is 59.2 Å². The minimum atomic E-state index is -0.552. The lowest BCUT2D eigenvalue weighted by Gasteiger charge is -2.05. The molecule has 0 saturated carbocycles. The molecule has 3 aromatic carbocycles. The predicted octanol–water partition coefficient (Wildman–Crippen LogP) is 5.27. The number of fused-ring (bicyclic) bond motifs is 1.